The molecule has 26 heavy (non-hydrogen) atoms. The largest absolute Gasteiger partial charge is 0.504 e. The normalized spacial score (nSPS) is 23.7. The Labute approximate surface area is 156 Å². The van der Waals surface area contributed by atoms with E-state index in [-0.39, 0.29) is 5.75 Å². The number of phenolic OH excluding ortho intramolecular Hbond substituents is 1. The highest BCUT2D eigenvalue weighted by Gasteiger charge is 2.36. The van der Waals surface area contributed by atoms with E-state index in [0.29, 0.717) is 17.8 Å². The average Bonchev–Trinajstić information content (AvgIpc) is 3.10. The molecule has 2 aliphatic rings. The van der Waals surface area contributed by atoms with Crippen LogP contribution in [0.1, 0.15) is 24.0 Å². The van der Waals surface area contributed by atoms with Crippen LogP contribution in [0.4, 0.5) is 0 Å². The molecule has 0 unspecified atom stereocenters. The SMILES string of the molecule is COc1ccc(CN2C[C@@H]3CCCN3C[C@@H]2Cc2ccccc2)cc1O. The van der Waals surface area contributed by atoms with Gasteiger partial charge in [0.2, 0.25) is 0 Å². The lowest BCUT2D eigenvalue weighted by atomic mass is 9.99. The topological polar surface area (TPSA) is 35.9 Å². The van der Waals surface area contributed by atoms with Crippen molar-refractivity contribution >= 4 is 0 Å². The molecule has 2 aromatic rings. The molecule has 0 spiro atoms. The Morgan fingerprint density at radius 3 is 2.69 bits per heavy atom. The van der Waals surface area contributed by atoms with Gasteiger partial charge in [-0.15, -0.1) is 0 Å². The minimum absolute atomic E-state index is 0.226. The molecule has 0 radical (unpaired) electrons. The van der Waals surface area contributed by atoms with Gasteiger partial charge < -0.3 is 9.84 Å². The second-order valence-corrected chi connectivity index (χ2v) is 7.57. The van der Waals surface area contributed by atoms with Gasteiger partial charge in [-0.25, -0.2) is 0 Å². The van der Waals surface area contributed by atoms with Gasteiger partial charge in [0.05, 0.1) is 7.11 Å². The van der Waals surface area contributed by atoms with Crippen molar-refractivity contribution in [3.05, 3.63) is 59.7 Å². The summed E-state index contributed by atoms with van der Waals surface area (Å²) in [5.74, 6) is 0.763. The molecule has 4 nitrogen and oxygen atoms in total. The quantitative estimate of drug-likeness (QED) is 0.896. The third-order valence-electron chi connectivity index (χ3n) is 5.85. The molecule has 0 amide bonds. The smallest absolute Gasteiger partial charge is 0.160 e. The summed E-state index contributed by atoms with van der Waals surface area (Å²) in [6.07, 6.45) is 3.70. The van der Waals surface area contributed by atoms with Crippen molar-refractivity contribution in [2.75, 3.05) is 26.7 Å². The average molecular weight is 352 g/mol. The van der Waals surface area contributed by atoms with Gasteiger partial charge in [0.1, 0.15) is 0 Å². The molecule has 0 aliphatic carbocycles. The van der Waals surface area contributed by atoms with Gasteiger partial charge >= 0.3 is 0 Å². The van der Waals surface area contributed by atoms with Crippen LogP contribution in [0.2, 0.25) is 0 Å². The Kier molecular flexibility index (Phi) is 5.14. The fourth-order valence-corrected chi connectivity index (χ4v) is 4.49. The van der Waals surface area contributed by atoms with E-state index < -0.39 is 0 Å². The Hall–Kier alpha value is -2.04. The summed E-state index contributed by atoms with van der Waals surface area (Å²) < 4.78 is 5.18. The van der Waals surface area contributed by atoms with Gasteiger partial charge in [-0.2, -0.15) is 0 Å². The summed E-state index contributed by atoms with van der Waals surface area (Å²) in [4.78, 5) is 5.29. The van der Waals surface area contributed by atoms with Crippen molar-refractivity contribution in [1.82, 2.24) is 9.80 Å². The second-order valence-electron chi connectivity index (χ2n) is 7.57. The molecule has 2 aliphatic heterocycles. The number of methoxy groups -OCH3 is 1. The van der Waals surface area contributed by atoms with Gasteiger partial charge in [-0.05, 0) is 49.1 Å². The molecule has 0 bridgehead atoms. The fourth-order valence-electron chi connectivity index (χ4n) is 4.49. The minimum Gasteiger partial charge on any atom is -0.504 e. The van der Waals surface area contributed by atoms with Gasteiger partial charge in [-0.1, -0.05) is 36.4 Å². The molecular weight excluding hydrogens is 324 g/mol. The maximum Gasteiger partial charge on any atom is 0.160 e. The summed E-state index contributed by atoms with van der Waals surface area (Å²) in [6, 6.07) is 17.8. The van der Waals surface area contributed by atoms with E-state index in [0.717, 1.165) is 31.6 Å². The summed E-state index contributed by atoms with van der Waals surface area (Å²) in [5, 5.41) is 10.1. The van der Waals surface area contributed by atoms with Crippen molar-refractivity contribution in [1.29, 1.82) is 0 Å². The first-order chi connectivity index (χ1) is 12.7. The van der Waals surface area contributed by atoms with E-state index in [2.05, 4.69) is 46.2 Å². The zero-order chi connectivity index (χ0) is 17.9. The Balaban J connectivity index is 1.53. The second kappa shape index (κ2) is 7.68. The van der Waals surface area contributed by atoms with Gasteiger partial charge in [0.25, 0.3) is 0 Å². The lowest BCUT2D eigenvalue weighted by Gasteiger charge is -2.44. The number of fused-ring (bicyclic) bond motifs is 1. The van der Waals surface area contributed by atoms with Crippen LogP contribution in [0.5, 0.6) is 11.5 Å². The molecule has 2 fully saturated rings. The maximum atomic E-state index is 10.1. The minimum atomic E-state index is 0.226. The number of hydrogen-bond acceptors (Lipinski definition) is 4. The molecule has 4 heteroatoms. The van der Waals surface area contributed by atoms with E-state index in [1.54, 1.807) is 7.11 Å². The van der Waals surface area contributed by atoms with E-state index in [9.17, 15) is 5.11 Å². The summed E-state index contributed by atoms with van der Waals surface area (Å²) in [7, 11) is 1.59. The highest BCUT2D eigenvalue weighted by atomic mass is 16.5. The predicted molar refractivity (Wildman–Crippen MR) is 104 cm³/mol. The van der Waals surface area contributed by atoms with Crippen LogP contribution in [0.25, 0.3) is 0 Å². The fraction of sp³-hybridized carbons (Fsp3) is 0.455. The van der Waals surface area contributed by atoms with Crippen LogP contribution >= 0.6 is 0 Å². The standard InChI is InChI=1S/C22H28N2O2/c1-26-22-10-9-18(13-21(22)25)14-24-15-19-8-5-11-23(19)16-20(24)12-17-6-3-2-4-7-17/h2-4,6-7,9-10,13,19-20,25H,5,8,11-12,14-16H2,1H3/t19-,20-/m0/s1. The first-order valence-electron chi connectivity index (χ1n) is 9.61. The molecule has 2 aromatic carbocycles. The Bertz CT molecular complexity index is 734. The number of rotatable bonds is 5. The molecule has 0 aromatic heterocycles. The number of piperazine rings is 1. The molecule has 1 N–H and O–H groups in total. The number of aromatic hydroxyl groups is 1. The number of benzene rings is 2. The molecule has 0 saturated carbocycles. The molecular formula is C22H28N2O2. The van der Waals surface area contributed by atoms with Gasteiger partial charge in [0.15, 0.2) is 11.5 Å². The van der Waals surface area contributed by atoms with Crippen LogP contribution in [-0.4, -0.2) is 53.7 Å². The molecule has 138 valence electrons. The van der Waals surface area contributed by atoms with Gasteiger partial charge in [0, 0.05) is 31.7 Å². The van der Waals surface area contributed by atoms with Crippen LogP contribution in [0, 0.1) is 0 Å². The highest BCUT2D eigenvalue weighted by molar-refractivity contribution is 5.41. The van der Waals surface area contributed by atoms with Crippen molar-refractivity contribution in [2.45, 2.75) is 37.9 Å². The number of nitrogens with zero attached hydrogens (tertiary/aromatic N) is 2. The zero-order valence-electron chi connectivity index (χ0n) is 15.5. The highest BCUT2D eigenvalue weighted by Crippen LogP contribution is 2.30. The van der Waals surface area contributed by atoms with Gasteiger partial charge in [-0.3, -0.25) is 9.80 Å². The lowest BCUT2D eigenvalue weighted by Crippen LogP contribution is -2.56. The Morgan fingerprint density at radius 1 is 1.08 bits per heavy atom. The van der Waals surface area contributed by atoms with Crippen molar-refractivity contribution < 1.29 is 9.84 Å². The van der Waals surface area contributed by atoms with Crippen molar-refractivity contribution in [3.8, 4) is 11.5 Å². The number of phenols is 1. The van der Waals surface area contributed by atoms with Crippen LogP contribution in [0.3, 0.4) is 0 Å². The van der Waals surface area contributed by atoms with E-state index >= 15 is 0 Å². The molecule has 2 saturated heterocycles. The van der Waals surface area contributed by atoms with Crippen molar-refractivity contribution in [2.24, 2.45) is 0 Å². The summed E-state index contributed by atoms with van der Waals surface area (Å²) in [5.41, 5.74) is 2.55. The zero-order valence-corrected chi connectivity index (χ0v) is 15.5. The predicted octanol–water partition coefficient (Wildman–Crippen LogP) is 3.29. The number of hydrogen-bond donors (Lipinski definition) is 1. The molecule has 2 atom stereocenters. The summed E-state index contributed by atoms with van der Waals surface area (Å²) >= 11 is 0. The van der Waals surface area contributed by atoms with E-state index in [1.165, 1.54) is 24.9 Å². The van der Waals surface area contributed by atoms with Crippen LogP contribution < -0.4 is 4.74 Å². The first-order valence-corrected chi connectivity index (χ1v) is 9.61. The summed E-state index contributed by atoms with van der Waals surface area (Å²) in [6.45, 7) is 4.37. The monoisotopic (exact) mass is 352 g/mol. The van der Waals surface area contributed by atoms with Crippen LogP contribution in [0.15, 0.2) is 48.5 Å². The van der Waals surface area contributed by atoms with Crippen molar-refractivity contribution in [3.63, 3.8) is 0 Å². The first kappa shape index (κ1) is 17.4. The molecule has 4 rings (SSSR count). The Morgan fingerprint density at radius 2 is 1.92 bits per heavy atom. The van der Waals surface area contributed by atoms with E-state index in [1.807, 2.05) is 12.1 Å². The van der Waals surface area contributed by atoms with E-state index in [4.69, 9.17) is 4.74 Å². The van der Waals surface area contributed by atoms with Crippen LogP contribution in [-0.2, 0) is 13.0 Å². The lowest BCUT2D eigenvalue weighted by molar-refractivity contribution is 0.0455. The number of ether oxygens (including phenoxy) is 1. The third kappa shape index (κ3) is 3.71. The molecule has 2 heterocycles. The third-order valence-corrected chi connectivity index (χ3v) is 5.85. The maximum absolute atomic E-state index is 10.1.